The van der Waals surface area contributed by atoms with Crippen LogP contribution in [0.1, 0.15) is 36.2 Å². The predicted molar refractivity (Wildman–Crippen MR) is 70.2 cm³/mol. The second kappa shape index (κ2) is 4.63. The number of aromatic nitrogens is 1. The summed E-state index contributed by atoms with van der Waals surface area (Å²) in [6, 6.07) is 5.76. The molecule has 0 saturated carbocycles. The van der Waals surface area contributed by atoms with E-state index in [-0.39, 0.29) is 24.1 Å². The van der Waals surface area contributed by atoms with Crippen molar-refractivity contribution in [2.24, 2.45) is 0 Å². The van der Waals surface area contributed by atoms with Crippen molar-refractivity contribution in [2.45, 2.75) is 43.9 Å². The summed E-state index contributed by atoms with van der Waals surface area (Å²) in [5.74, 6) is -0.00398. The van der Waals surface area contributed by atoms with E-state index in [9.17, 15) is 9.90 Å². The van der Waals surface area contributed by atoms with Crippen LogP contribution in [0.5, 0.6) is 0 Å². The minimum Gasteiger partial charge on any atom is -0.393 e. The molecule has 2 unspecified atom stereocenters. The number of rotatable bonds is 1. The molecule has 1 aromatic rings. The number of carbonyl (C=O) groups excluding carboxylic acids is 1. The van der Waals surface area contributed by atoms with Crippen molar-refractivity contribution in [2.75, 3.05) is 0 Å². The fraction of sp³-hybridized carbons (Fsp3) is 0.538. The van der Waals surface area contributed by atoms with Gasteiger partial charge in [-0.2, -0.15) is 0 Å². The van der Waals surface area contributed by atoms with Crippen molar-refractivity contribution >= 4 is 21.8 Å². The number of carbonyl (C=O) groups is 1. The van der Waals surface area contributed by atoms with Crippen LogP contribution in [0.4, 0.5) is 0 Å². The number of aliphatic hydroxyl groups excluding tert-OH is 1. The summed E-state index contributed by atoms with van der Waals surface area (Å²) in [5, 5.41) is 9.74. The van der Waals surface area contributed by atoms with Gasteiger partial charge in [-0.25, -0.2) is 4.98 Å². The molecule has 2 aliphatic rings. The third-order valence-electron chi connectivity index (χ3n) is 3.88. The van der Waals surface area contributed by atoms with Gasteiger partial charge in [-0.05, 0) is 53.7 Å². The quantitative estimate of drug-likeness (QED) is 0.807. The smallest absolute Gasteiger partial charge is 0.272 e. The van der Waals surface area contributed by atoms with Crippen molar-refractivity contribution in [1.82, 2.24) is 9.88 Å². The Bertz CT molecular complexity index is 466. The molecule has 1 aromatic heterocycles. The molecule has 1 N–H and O–H groups in total. The number of hydrogen-bond acceptors (Lipinski definition) is 3. The molecule has 18 heavy (non-hydrogen) atoms. The maximum Gasteiger partial charge on any atom is 0.272 e. The normalized spacial score (nSPS) is 30.6. The minimum absolute atomic E-state index is 0.00398. The highest BCUT2D eigenvalue weighted by Crippen LogP contribution is 2.36. The average Bonchev–Trinajstić information content (AvgIpc) is 2.61. The highest BCUT2D eigenvalue weighted by atomic mass is 79.9. The van der Waals surface area contributed by atoms with Gasteiger partial charge in [-0.1, -0.05) is 6.07 Å². The second-order valence-corrected chi connectivity index (χ2v) is 5.88. The molecule has 0 aromatic carbocycles. The first-order valence-electron chi connectivity index (χ1n) is 6.28. The maximum absolute atomic E-state index is 12.5. The Balaban J connectivity index is 1.85. The first kappa shape index (κ1) is 12.1. The molecule has 0 radical (unpaired) electrons. The number of piperidine rings is 1. The van der Waals surface area contributed by atoms with E-state index in [1.807, 2.05) is 17.0 Å². The maximum atomic E-state index is 12.5. The van der Waals surface area contributed by atoms with Crippen LogP contribution in [0.15, 0.2) is 22.8 Å². The lowest BCUT2D eigenvalue weighted by molar-refractivity contribution is 0.0282. The van der Waals surface area contributed by atoms with Crippen LogP contribution >= 0.6 is 15.9 Å². The van der Waals surface area contributed by atoms with E-state index in [2.05, 4.69) is 20.9 Å². The molecular weight excluding hydrogens is 296 g/mol. The van der Waals surface area contributed by atoms with E-state index in [0.29, 0.717) is 23.1 Å². The van der Waals surface area contributed by atoms with Gasteiger partial charge in [-0.3, -0.25) is 4.79 Å². The fourth-order valence-electron chi connectivity index (χ4n) is 3.14. The SMILES string of the molecule is O=C(c1cccc(Br)n1)N1C2CCC1CC(O)C2. The average molecular weight is 311 g/mol. The molecule has 0 spiro atoms. The zero-order valence-corrected chi connectivity index (χ0v) is 11.5. The van der Waals surface area contributed by atoms with Crippen molar-refractivity contribution in [3.05, 3.63) is 28.5 Å². The van der Waals surface area contributed by atoms with Crippen molar-refractivity contribution < 1.29 is 9.90 Å². The summed E-state index contributed by atoms with van der Waals surface area (Å²) in [5.41, 5.74) is 0.484. The second-order valence-electron chi connectivity index (χ2n) is 5.07. The van der Waals surface area contributed by atoms with Crippen LogP contribution in [0.3, 0.4) is 0 Å². The zero-order valence-electron chi connectivity index (χ0n) is 9.92. The first-order chi connectivity index (χ1) is 8.65. The number of fused-ring (bicyclic) bond motifs is 2. The lowest BCUT2D eigenvalue weighted by atomic mass is 9.99. The largest absolute Gasteiger partial charge is 0.393 e. The van der Waals surface area contributed by atoms with E-state index in [4.69, 9.17) is 0 Å². The molecule has 2 fully saturated rings. The predicted octanol–water partition coefficient (Wildman–Crippen LogP) is 1.97. The van der Waals surface area contributed by atoms with Gasteiger partial charge < -0.3 is 10.0 Å². The first-order valence-corrected chi connectivity index (χ1v) is 7.08. The highest BCUT2D eigenvalue weighted by molar-refractivity contribution is 9.10. The third kappa shape index (κ3) is 2.06. The van der Waals surface area contributed by atoms with Crippen LogP contribution in [0, 0.1) is 0 Å². The molecule has 5 heteroatoms. The van der Waals surface area contributed by atoms with E-state index in [0.717, 1.165) is 12.8 Å². The van der Waals surface area contributed by atoms with Crippen molar-refractivity contribution in [3.63, 3.8) is 0 Å². The number of aliphatic hydroxyl groups is 1. The fourth-order valence-corrected chi connectivity index (χ4v) is 3.48. The Morgan fingerprint density at radius 1 is 1.33 bits per heavy atom. The van der Waals surface area contributed by atoms with Crippen LogP contribution in [-0.4, -0.2) is 39.1 Å². The lowest BCUT2D eigenvalue weighted by Crippen LogP contribution is -2.48. The van der Waals surface area contributed by atoms with Gasteiger partial charge in [0.1, 0.15) is 10.3 Å². The zero-order chi connectivity index (χ0) is 12.7. The summed E-state index contributed by atoms with van der Waals surface area (Å²) in [6.07, 6.45) is 3.16. The highest BCUT2D eigenvalue weighted by Gasteiger charge is 2.43. The van der Waals surface area contributed by atoms with Gasteiger partial charge in [0.25, 0.3) is 5.91 Å². The number of pyridine rings is 1. The third-order valence-corrected chi connectivity index (χ3v) is 4.32. The van der Waals surface area contributed by atoms with Crippen LogP contribution in [0.2, 0.25) is 0 Å². The molecule has 3 heterocycles. The summed E-state index contributed by atoms with van der Waals surface area (Å²) < 4.78 is 0.678. The molecular formula is C13H15BrN2O2. The molecule has 2 atom stereocenters. The van der Waals surface area contributed by atoms with Gasteiger partial charge in [0.2, 0.25) is 0 Å². The molecule has 2 saturated heterocycles. The number of halogens is 1. The molecule has 96 valence electrons. The standard InChI is InChI=1S/C13H15BrN2O2/c14-12-3-1-2-11(15-12)13(18)16-8-4-5-9(16)7-10(17)6-8/h1-3,8-10,17H,4-7H2. The van der Waals surface area contributed by atoms with E-state index < -0.39 is 0 Å². The minimum atomic E-state index is -0.248. The van der Waals surface area contributed by atoms with Gasteiger partial charge in [0.15, 0.2) is 0 Å². The van der Waals surface area contributed by atoms with Gasteiger partial charge in [0, 0.05) is 12.1 Å². The summed E-state index contributed by atoms with van der Waals surface area (Å²) >= 11 is 3.29. The van der Waals surface area contributed by atoms with Gasteiger partial charge in [-0.15, -0.1) is 0 Å². The van der Waals surface area contributed by atoms with E-state index in [1.165, 1.54) is 0 Å². The van der Waals surface area contributed by atoms with Gasteiger partial charge >= 0.3 is 0 Å². The topological polar surface area (TPSA) is 53.4 Å². The van der Waals surface area contributed by atoms with Crippen LogP contribution < -0.4 is 0 Å². The molecule has 2 bridgehead atoms. The van der Waals surface area contributed by atoms with Crippen molar-refractivity contribution in [3.8, 4) is 0 Å². The van der Waals surface area contributed by atoms with Crippen LogP contribution in [0.25, 0.3) is 0 Å². The monoisotopic (exact) mass is 310 g/mol. The Hall–Kier alpha value is -0.940. The molecule has 2 aliphatic heterocycles. The summed E-state index contributed by atoms with van der Waals surface area (Å²) in [6.45, 7) is 0. The van der Waals surface area contributed by atoms with E-state index in [1.54, 1.807) is 6.07 Å². The molecule has 1 amide bonds. The summed E-state index contributed by atoms with van der Waals surface area (Å²) in [4.78, 5) is 18.6. The Morgan fingerprint density at radius 3 is 2.61 bits per heavy atom. The number of nitrogens with zero attached hydrogens (tertiary/aromatic N) is 2. The van der Waals surface area contributed by atoms with Crippen molar-refractivity contribution in [1.29, 1.82) is 0 Å². The Kier molecular flexibility index (Phi) is 3.11. The molecule has 3 rings (SSSR count). The van der Waals surface area contributed by atoms with E-state index >= 15 is 0 Å². The van der Waals surface area contributed by atoms with Gasteiger partial charge in [0.05, 0.1) is 6.10 Å². The Morgan fingerprint density at radius 2 is 2.00 bits per heavy atom. The number of amides is 1. The molecule has 0 aliphatic carbocycles. The molecule has 4 nitrogen and oxygen atoms in total. The Labute approximate surface area is 114 Å². The number of hydrogen-bond donors (Lipinski definition) is 1. The summed E-state index contributed by atoms with van der Waals surface area (Å²) in [7, 11) is 0. The lowest BCUT2D eigenvalue weighted by Gasteiger charge is -2.37. The van der Waals surface area contributed by atoms with Crippen LogP contribution in [-0.2, 0) is 0 Å².